The van der Waals surface area contributed by atoms with E-state index in [-0.39, 0.29) is 0 Å². The lowest BCUT2D eigenvalue weighted by molar-refractivity contribution is 0.332. The molecule has 1 unspecified atom stereocenters. The van der Waals surface area contributed by atoms with E-state index in [9.17, 15) is 8.42 Å². The Kier molecular flexibility index (Phi) is 4.95. The molecule has 1 fully saturated rings. The smallest absolute Gasteiger partial charge is 0.279 e. The third kappa shape index (κ3) is 4.21. The highest BCUT2D eigenvalue weighted by molar-refractivity contribution is 7.87. The first kappa shape index (κ1) is 14.9. The maximum absolute atomic E-state index is 12.1. The second-order valence-corrected chi connectivity index (χ2v) is 7.25. The average Bonchev–Trinajstić information content (AvgIpc) is 2.68. The van der Waals surface area contributed by atoms with Gasteiger partial charge in [0.05, 0.1) is 0 Å². The summed E-state index contributed by atoms with van der Waals surface area (Å²) in [4.78, 5) is 0. The van der Waals surface area contributed by atoms with Crippen molar-refractivity contribution >= 4 is 10.2 Å². The van der Waals surface area contributed by atoms with Crippen LogP contribution in [-0.2, 0) is 10.2 Å². The summed E-state index contributed by atoms with van der Waals surface area (Å²) in [6.07, 6.45) is 2.64. The minimum atomic E-state index is -3.37. The molecule has 0 amide bonds. The standard InChI is InChI=1S/C11H25N3O2S/c1-10(2)8-11(3,9-12)13-17(15,16)14-6-4-5-7-14/h10,13H,4-9,12H2,1-3H3. The van der Waals surface area contributed by atoms with Gasteiger partial charge in [-0.05, 0) is 32.1 Å². The zero-order chi connectivity index (χ0) is 13.1. The molecular formula is C11H25N3O2S. The normalized spacial score (nSPS) is 21.9. The fourth-order valence-electron chi connectivity index (χ4n) is 2.37. The molecule has 1 aliphatic heterocycles. The van der Waals surface area contributed by atoms with Gasteiger partial charge in [-0.25, -0.2) is 0 Å². The van der Waals surface area contributed by atoms with Crippen LogP contribution in [0.5, 0.6) is 0 Å². The molecule has 0 saturated carbocycles. The van der Waals surface area contributed by atoms with E-state index in [0.717, 1.165) is 19.3 Å². The van der Waals surface area contributed by atoms with E-state index in [0.29, 0.717) is 25.6 Å². The van der Waals surface area contributed by atoms with E-state index < -0.39 is 15.7 Å². The van der Waals surface area contributed by atoms with Crippen molar-refractivity contribution < 1.29 is 8.42 Å². The van der Waals surface area contributed by atoms with Gasteiger partial charge in [0.1, 0.15) is 0 Å². The van der Waals surface area contributed by atoms with E-state index in [1.54, 1.807) is 0 Å². The second kappa shape index (κ2) is 5.65. The number of nitrogens with two attached hydrogens (primary N) is 1. The minimum absolute atomic E-state index is 0.318. The summed E-state index contributed by atoms with van der Waals surface area (Å²) in [5.41, 5.74) is 5.17. The van der Waals surface area contributed by atoms with Gasteiger partial charge in [0.25, 0.3) is 10.2 Å². The van der Waals surface area contributed by atoms with Crippen LogP contribution in [0.4, 0.5) is 0 Å². The predicted octanol–water partition coefficient (Wildman–Crippen LogP) is 0.680. The summed E-state index contributed by atoms with van der Waals surface area (Å²) in [7, 11) is -3.37. The number of nitrogens with one attached hydrogen (secondary N) is 1. The van der Waals surface area contributed by atoms with Crippen molar-refractivity contribution in [3.05, 3.63) is 0 Å². The van der Waals surface area contributed by atoms with Crippen LogP contribution in [0.1, 0.15) is 40.0 Å². The first-order valence-electron chi connectivity index (χ1n) is 6.28. The van der Waals surface area contributed by atoms with Crippen LogP contribution in [0.2, 0.25) is 0 Å². The molecule has 1 rings (SSSR count). The second-order valence-electron chi connectivity index (χ2n) is 5.58. The molecule has 102 valence electrons. The molecule has 0 bridgehead atoms. The highest BCUT2D eigenvalue weighted by atomic mass is 32.2. The average molecular weight is 263 g/mol. The summed E-state index contributed by atoms with van der Waals surface area (Å²) >= 11 is 0. The molecule has 1 atom stereocenters. The Hall–Kier alpha value is -0.170. The lowest BCUT2D eigenvalue weighted by Crippen LogP contribution is -2.55. The van der Waals surface area contributed by atoms with Crippen LogP contribution in [-0.4, -0.2) is 37.9 Å². The van der Waals surface area contributed by atoms with Crippen LogP contribution in [0, 0.1) is 5.92 Å². The Morgan fingerprint density at radius 3 is 2.29 bits per heavy atom. The van der Waals surface area contributed by atoms with E-state index in [4.69, 9.17) is 5.73 Å². The van der Waals surface area contributed by atoms with Crippen molar-refractivity contribution in [3.8, 4) is 0 Å². The Morgan fingerprint density at radius 1 is 1.35 bits per heavy atom. The summed E-state index contributed by atoms with van der Waals surface area (Å²) in [6, 6.07) is 0. The zero-order valence-corrected chi connectivity index (χ0v) is 11.9. The predicted molar refractivity (Wildman–Crippen MR) is 69.8 cm³/mol. The van der Waals surface area contributed by atoms with Gasteiger partial charge in [0.2, 0.25) is 0 Å². The molecule has 1 aliphatic rings. The number of rotatable bonds is 6. The van der Waals surface area contributed by atoms with Crippen molar-refractivity contribution in [1.82, 2.24) is 9.03 Å². The molecule has 0 aliphatic carbocycles. The van der Waals surface area contributed by atoms with Gasteiger partial charge in [0.15, 0.2) is 0 Å². The summed E-state index contributed by atoms with van der Waals surface area (Å²) in [6.45, 7) is 7.57. The van der Waals surface area contributed by atoms with Gasteiger partial charge in [-0.15, -0.1) is 0 Å². The van der Waals surface area contributed by atoms with Gasteiger partial charge in [0, 0.05) is 25.2 Å². The summed E-state index contributed by atoms with van der Waals surface area (Å²) in [5.74, 6) is 0.407. The first-order valence-corrected chi connectivity index (χ1v) is 7.72. The van der Waals surface area contributed by atoms with E-state index in [1.807, 2.05) is 6.92 Å². The molecule has 1 saturated heterocycles. The zero-order valence-electron chi connectivity index (χ0n) is 11.1. The highest BCUT2D eigenvalue weighted by Gasteiger charge is 2.33. The maximum atomic E-state index is 12.1. The molecular weight excluding hydrogens is 238 g/mol. The molecule has 6 heteroatoms. The van der Waals surface area contributed by atoms with Gasteiger partial charge in [-0.2, -0.15) is 17.4 Å². The molecule has 0 spiro atoms. The highest BCUT2D eigenvalue weighted by Crippen LogP contribution is 2.19. The number of hydrogen-bond acceptors (Lipinski definition) is 3. The van der Waals surface area contributed by atoms with Crippen LogP contribution in [0.15, 0.2) is 0 Å². The molecule has 3 N–H and O–H groups in total. The molecule has 0 radical (unpaired) electrons. The van der Waals surface area contributed by atoms with Crippen molar-refractivity contribution in [2.24, 2.45) is 11.7 Å². The summed E-state index contributed by atoms with van der Waals surface area (Å²) in [5, 5.41) is 0. The van der Waals surface area contributed by atoms with Crippen molar-refractivity contribution in [2.75, 3.05) is 19.6 Å². The number of nitrogens with zero attached hydrogens (tertiary/aromatic N) is 1. The van der Waals surface area contributed by atoms with Crippen LogP contribution in [0.3, 0.4) is 0 Å². The fourth-order valence-corrected chi connectivity index (χ4v) is 4.03. The van der Waals surface area contributed by atoms with Crippen molar-refractivity contribution in [3.63, 3.8) is 0 Å². The largest absolute Gasteiger partial charge is 0.329 e. The van der Waals surface area contributed by atoms with Gasteiger partial charge in [-0.1, -0.05) is 13.8 Å². The quantitative estimate of drug-likeness (QED) is 0.740. The summed E-state index contributed by atoms with van der Waals surface area (Å²) < 4.78 is 28.6. The van der Waals surface area contributed by atoms with Crippen molar-refractivity contribution in [1.29, 1.82) is 0 Å². The van der Waals surface area contributed by atoms with Crippen LogP contribution < -0.4 is 10.5 Å². The molecule has 17 heavy (non-hydrogen) atoms. The van der Waals surface area contributed by atoms with Gasteiger partial charge in [-0.3, -0.25) is 0 Å². The lowest BCUT2D eigenvalue weighted by Gasteiger charge is -2.32. The molecule has 0 aromatic heterocycles. The number of hydrogen-bond donors (Lipinski definition) is 2. The Morgan fingerprint density at radius 2 is 1.88 bits per heavy atom. The topological polar surface area (TPSA) is 75.4 Å². The van der Waals surface area contributed by atoms with Crippen LogP contribution >= 0.6 is 0 Å². The minimum Gasteiger partial charge on any atom is -0.329 e. The Bertz CT molecular complexity index is 337. The first-order chi connectivity index (χ1) is 7.79. The fraction of sp³-hybridized carbons (Fsp3) is 1.00. The van der Waals surface area contributed by atoms with Gasteiger partial charge < -0.3 is 5.73 Å². The Labute approximate surface area is 105 Å². The molecule has 0 aromatic rings. The van der Waals surface area contributed by atoms with Crippen molar-refractivity contribution in [2.45, 2.75) is 45.6 Å². The molecule has 0 aromatic carbocycles. The van der Waals surface area contributed by atoms with E-state index >= 15 is 0 Å². The van der Waals surface area contributed by atoms with Gasteiger partial charge >= 0.3 is 0 Å². The third-order valence-corrected chi connectivity index (χ3v) is 4.89. The van der Waals surface area contributed by atoms with Crippen LogP contribution in [0.25, 0.3) is 0 Å². The monoisotopic (exact) mass is 263 g/mol. The lowest BCUT2D eigenvalue weighted by atomic mass is 9.92. The third-order valence-electron chi connectivity index (χ3n) is 3.09. The van der Waals surface area contributed by atoms with E-state index in [2.05, 4.69) is 18.6 Å². The molecule has 1 heterocycles. The Balaban J connectivity index is 2.72. The molecule has 5 nitrogen and oxygen atoms in total. The van der Waals surface area contributed by atoms with E-state index in [1.165, 1.54) is 4.31 Å². The SMILES string of the molecule is CC(C)CC(C)(CN)NS(=O)(=O)N1CCCC1. The maximum Gasteiger partial charge on any atom is 0.279 e.